The standard InChI is InChI=1S/C17H17N7O3/c1-10-21-8-13(24(10)14-4-6-19-9-22-14)17(27)23-12(15(25)16(18)26)7-11-3-2-5-20-11/h2-6,8-9,12,20H,7H2,1H3,(H2,18,26)(H,23,27). The molecule has 1 atom stereocenters. The number of aromatic amines is 1. The maximum atomic E-state index is 12.8. The summed E-state index contributed by atoms with van der Waals surface area (Å²) in [5.74, 6) is -1.61. The van der Waals surface area contributed by atoms with Crippen molar-refractivity contribution in [3.63, 3.8) is 0 Å². The average Bonchev–Trinajstić information content (AvgIpc) is 3.30. The number of nitrogens with two attached hydrogens (primary N) is 1. The van der Waals surface area contributed by atoms with Gasteiger partial charge in [0.25, 0.3) is 11.8 Å². The van der Waals surface area contributed by atoms with Crippen LogP contribution in [0.4, 0.5) is 0 Å². The smallest absolute Gasteiger partial charge is 0.287 e. The fourth-order valence-corrected chi connectivity index (χ4v) is 2.64. The number of rotatable bonds is 7. The number of nitrogens with zero attached hydrogens (tertiary/aromatic N) is 4. The van der Waals surface area contributed by atoms with Crippen LogP contribution >= 0.6 is 0 Å². The van der Waals surface area contributed by atoms with Crippen molar-refractivity contribution in [1.29, 1.82) is 0 Å². The molecule has 138 valence electrons. The lowest BCUT2D eigenvalue weighted by molar-refractivity contribution is -0.137. The highest BCUT2D eigenvalue weighted by Crippen LogP contribution is 2.12. The lowest BCUT2D eigenvalue weighted by Gasteiger charge is -2.16. The molecule has 10 heteroatoms. The van der Waals surface area contributed by atoms with Gasteiger partial charge in [-0.25, -0.2) is 15.0 Å². The molecule has 3 heterocycles. The molecule has 2 amide bonds. The van der Waals surface area contributed by atoms with Crippen molar-refractivity contribution in [3.8, 4) is 5.82 Å². The number of Topliss-reactive ketones (excluding diaryl/α,β-unsaturated/α-hetero) is 1. The summed E-state index contributed by atoms with van der Waals surface area (Å²) in [6, 6.07) is 4.00. The molecule has 0 radical (unpaired) electrons. The summed E-state index contributed by atoms with van der Waals surface area (Å²) in [5.41, 5.74) is 5.96. The Kier molecular flexibility index (Phi) is 5.06. The molecule has 27 heavy (non-hydrogen) atoms. The van der Waals surface area contributed by atoms with E-state index in [4.69, 9.17) is 5.73 Å². The highest BCUT2D eigenvalue weighted by Gasteiger charge is 2.28. The number of carbonyl (C=O) groups is 3. The second kappa shape index (κ2) is 7.60. The van der Waals surface area contributed by atoms with E-state index >= 15 is 0 Å². The molecule has 4 N–H and O–H groups in total. The van der Waals surface area contributed by atoms with Gasteiger partial charge in [0.05, 0.1) is 6.20 Å². The summed E-state index contributed by atoms with van der Waals surface area (Å²) < 4.78 is 1.53. The molecule has 0 aromatic carbocycles. The quantitative estimate of drug-likeness (QED) is 0.488. The van der Waals surface area contributed by atoms with Gasteiger partial charge in [-0.15, -0.1) is 0 Å². The lowest BCUT2D eigenvalue weighted by Crippen LogP contribution is -2.47. The van der Waals surface area contributed by atoms with E-state index in [0.29, 0.717) is 17.3 Å². The number of H-pyrrole nitrogens is 1. The molecule has 0 aliphatic rings. The molecule has 1 unspecified atom stereocenters. The second-order valence-electron chi connectivity index (χ2n) is 5.75. The Hall–Kier alpha value is -3.82. The second-order valence-corrected chi connectivity index (χ2v) is 5.75. The summed E-state index contributed by atoms with van der Waals surface area (Å²) in [5, 5.41) is 2.56. The van der Waals surface area contributed by atoms with Crippen LogP contribution in [-0.4, -0.2) is 48.1 Å². The van der Waals surface area contributed by atoms with Gasteiger partial charge in [0, 0.05) is 24.5 Å². The molecular weight excluding hydrogens is 350 g/mol. The molecule has 3 rings (SSSR count). The van der Waals surface area contributed by atoms with Gasteiger partial charge in [-0.05, 0) is 25.1 Å². The van der Waals surface area contributed by atoms with Crippen LogP contribution in [0.25, 0.3) is 5.82 Å². The molecular formula is C17H17N7O3. The molecule has 0 saturated heterocycles. The summed E-state index contributed by atoms with van der Waals surface area (Å²) in [4.78, 5) is 51.3. The lowest BCUT2D eigenvalue weighted by atomic mass is 10.1. The van der Waals surface area contributed by atoms with Crippen LogP contribution in [0.2, 0.25) is 0 Å². The monoisotopic (exact) mass is 367 g/mol. The average molecular weight is 367 g/mol. The summed E-state index contributed by atoms with van der Waals surface area (Å²) >= 11 is 0. The molecule has 3 aromatic heterocycles. The molecule has 3 aromatic rings. The van der Waals surface area contributed by atoms with E-state index in [1.165, 1.54) is 23.3 Å². The third-order valence-electron chi connectivity index (χ3n) is 3.92. The first-order valence-electron chi connectivity index (χ1n) is 8.05. The van der Waals surface area contributed by atoms with Crippen molar-refractivity contribution < 1.29 is 14.4 Å². The minimum atomic E-state index is -1.12. The van der Waals surface area contributed by atoms with E-state index in [2.05, 4.69) is 25.3 Å². The normalized spacial score (nSPS) is 11.7. The Morgan fingerprint density at radius 1 is 1.30 bits per heavy atom. The van der Waals surface area contributed by atoms with Gasteiger partial charge >= 0.3 is 0 Å². The van der Waals surface area contributed by atoms with Gasteiger partial charge in [-0.3, -0.25) is 19.0 Å². The molecule has 10 nitrogen and oxygen atoms in total. The number of carbonyl (C=O) groups excluding carboxylic acids is 3. The van der Waals surface area contributed by atoms with E-state index in [0.717, 1.165) is 0 Å². The molecule has 0 fully saturated rings. The number of nitrogens with one attached hydrogen (secondary N) is 2. The topological polar surface area (TPSA) is 149 Å². The minimum Gasteiger partial charge on any atom is -0.365 e. The molecule has 0 aliphatic heterocycles. The molecule has 0 bridgehead atoms. The Labute approximate surface area is 153 Å². The third kappa shape index (κ3) is 3.89. The first-order chi connectivity index (χ1) is 13.0. The number of amides is 2. The van der Waals surface area contributed by atoms with E-state index < -0.39 is 23.6 Å². The highest BCUT2D eigenvalue weighted by molar-refractivity contribution is 6.38. The fraction of sp³-hybridized carbons (Fsp3) is 0.176. The fourth-order valence-electron chi connectivity index (χ4n) is 2.64. The summed E-state index contributed by atoms with van der Waals surface area (Å²) in [6.45, 7) is 1.71. The van der Waals surface area contributed by atoms with E-state index in [9.17, 15) is 14.4 Å². The summed E-state index contributed by atoms with van der Waals surface area (Å²) in [7, 11) is 0. The first kappa shape index (κ1) is 18.0. The summed E-state index contributed by atoms with van der Waals surface area (Å²) in [6.07, 6.45) is 6.03. The van der Waals surface area contributed by atoms with Crippen molar-refractivity contribution in [1.82, 2.24) is 29.8 Å². The maximum Gasteiger partial charge on any atom is 0.287 e. The Morgan fingerprint density at radius 3 is 2.74 bits per heavy atom. The number of primary amides is 1. The Bertz CT molecular complexity index is 964. The highest BCUT2D eigenvalue weighted by atomic mass is 16.2. The maximum absolute atomic E-state index is 12.8. The van der Waals surface area contributed by atoms with Crippen LogP contribution in [0.15, 0.2) is 43.1 Å². The van der Waals surface area contributed by atoms with Crippen LogP contribution in [0.3, 0.4) is 0 Å². The van der Waals surface area contributed by atoms with Gasteiger partial charge in [-0.2, -0.15) is 0 Å². The van der Waals surface area contributed by atoms with Gasteiger partial charge in [0.2, 0.25) is 5.78 Å². The van der Waals surface area contributed by atoms with Gasteiger partial charge < -0.3 is 16.0 Å². The number of aromatic nitrogens is 5. The number of aryl methyl sites for hydroxylation is 1. The van der Waals surface area contributed by atoms with Gasteiger partial charge in [0.1, 0.15) is 29.7 Å². The van der Waals surface area contributed by atoms with E-state index in [1.807, 2.05) is 0 Å². The predicted octanol–water partition coefficient (Wildman–Crippen LogP) is -0.306. The Morgan fingerprint density at radius 2 is 2.11 bits per heavy atom. The van der Waals surface area contributed by atoms with Gasteiger partial charge in [0.15, 0.2) is 0 Å². The zero-order valence-electron chi connectivity index (χ0n) is 14.4. The number of hydrogen-bond donors (Lipinski definition) is 3. The van der Waals surface area contributed by atoms with Crippen LogP contribution in [0, 0.1) is 6.92 Å². The minimum absolute atomic E-state index is 0.0984. The largest absolute Gasteiger partial charge is 0.365 e. The van der Waals surface area contributed by atoms with Crippen molar-refractivity contribution >= 4 is 17.6 Å². The number of hydrogen-bond acceptors (Lipinski definition) is 6. The first-order valence-corrected chi connectivity index (χ1v) is 8.05. The van der Waals surface area contributed by atoms with E-state index in [1.54, 1.807) is 31.3 Å². The number of imidazole rings is 1. The zero-order chi connectivity index (χ0) is 19.4. The van der Waals surface area contributed by atoms with Crippen molar-refractivity contribution in [3.05, 3.63) is 60.3 Å². The van der Waals surface area contributed by atoms with Crippen LogP contribution in [0.1, 0.15) is 22.0 Å². The number of ketones is 1. The van der Waals surface area contributed by atoms with Crippen molar-refractivity contribution in [2.75, 3.05) is 0 Å². The van der Waals surface area contributed by atoms with Gasteiger partial charge in [-0.1, -0.05) is 0 Å². The zero-order valence-corrected chi connectivity index (χ0v) is 14.4. The van der Waals surface area contributed by atoms with Crippen LogP contribution in [-0.2, 0) is 16.0 Å². The predicted molar refractivity (Wildman–Crippen MR) is 93.8 cm³/mol. The van der Waals surface area contributed by atoms with Crippen molar-refractivity contribution in [2.45, 2.75) is 19.4 Å². The van der Waals surface area contributed by atoms with Crippen LogP contribution in [0.5, 0.6) is 0 Å². The molecule has 0 spiro atoms. The molecule has 0 saturated carbocycles. The van der Waals surface area contributed by atoms with E-state index in [-0.39, 0.29) is 12.1 Å². The SMILES string of the molecule is Cc1ncc(C(=O)NC(Cc2ccc[nH]2)C(=O)C(N)=O)n1-c1ccncn1. The molecule has 0 aliphatic carbocycles. The Balaban J connectivity index is 1.88. The van der Waals surface area contributed by atoms with Crippen LogP contribution < -0.4 is 11.1 Å². The third-order valence-corrected chi connectivity index (χ3v) is 3.92. The van der Waals surface area contributed by atoms with Crippen molar-refractivity contribution in [2.24, 2.45) is 5.73 Å².